The molecule has 7 aliphatic carbocycles. The highest BCUT2D eigenvalue weighted by atomic mass is 17.4. The van der Waals surface area contributed by atoms with Gasteiger partial charge in [-0.2, -0.15) is 9.78 Å². The Labute approximate surface area is 363 Å². The molecular formula is C51H72N4O6. The first kappa shape index (κ1) is 40.9. The van der Waals surface area contributed by atoms with Crippen LogP contribution < -0.4 is 0 Å². The number of aromatic nitrogens is 3. The van der Waals surface area contributed by atoms with Crippen LogP contribution in [0.3, 0.4) is 0 Å². The minimum absolute atomic E-state index is 0.00484. The van der Waals surface area contributed by atoms with E-state index in [9.17, 15) is 9.90 Å². The lowest BCUT2D eigenvalue weighted by Crippen LogP contribution is -2.67. The van der Waals surface area contributed by atoms with Crippen molar-refractivity contribution in [3.05, 3.63) is 36.5 Å². The molecule has 10 heteroatoms. The number of esters is 1. The fourth-order valence-corrected chi connectivity index (χ4v) is 17.6. The summed E-state index contributed by atoms with van der Waals surface area (Å²) < 4.78 is 6.57. The Morgan fingerprint density at radius 2 is 1.59 bits per heavy atom. The maximum absolute atomic E-state index is 15.7. The third-order valence-electron chi connectivity index (χ3n) is 21.6. The van der Waals surface area contributed by atoms with Gasteiger partial charge in [-0.05, 0) is 165 Å². The number of nitrogens with one attached hydrogen (secondary N) is 1. The van der Waals surface area contributed by atoms with Gasteiger partial charge in [-0.15, -0.1) is 0 Å². The zero-order valence-electron chi connectivity index (χ0n) is 38.2. The highest BCUT2D eigenvalue weighted by Crippen LogP contribution is 2.79. The lowest BCUT2D eigenvalue weighted by molar-refractivity contribution is -0.254. The van der Waals surface area contributed by atoms with Gasteiger partial charge in [-0.3, -0.25) is 14.6 Å². The molecule has 9 aliphatic rings. The van der Waals surface area contributed by atoms with E-state index in [1.54, 1.807) is 6.20 Å². The minimum atomic E-state index is -1.55. The summed E-state index contributed by atoms with van der Waals surface area (Å²) in [7, 11) is 0. The topological polar surface area (TPSA) is 133 Å². The molecule has 2 aromatic heterocycles. The summed E-state index contributed by atoms with van der Waals surface area (Å²) in [4.78, 5) is 54.5. The highest BCUT2D eigenvalue weighted by Gasteiger charge is 2.74. The largest absolute Gasteiger partial charge is 0.462 e. The molecule has 0 aromatic carbocycles. The third kappa shape index (κ3) is 5.55. The Hall–Kier alpha value is -2.82. The normalized spacial score (nSPS) is 45.7. The van der Waals surface area contributed by atoms with Crippen LogP contribution in [0.1, 0.15) is 164 Å². The van der Waals surface area contributed by atoms with E-state index in [2.05, 4.69) is 62.5 Å². The number of aliphatic hydroxyl groups is 1. The Morgan fingerprint density at radius 1 is 0.803 bits per heavy atom. The van der Waals surface area contributed by atoms with Crippen molar-refractivity contribution in [1.29, 1.82) is 0 Å². The Kier molecular flexibility index (Phi) is 8.82. The SMILES string of the molecule is CC1([C@@H]2CC[C@]3(C(=O)N4CCC[C@H]4c4ncc(-c5cccnc5)[nH]4)CC[C@]4(C)[C@H](CC[C@@H]5[C@@]6(C)CC[C@H](OC(=O)[C@H]7C[C@@H](C8(O)OO8)C7(C)C)C(C)(C)[C@@H]6CC[C@]54C)[C@@H]23)CC1. The van der Waals surface area contributed by atoms with Gasteiger partial charge < -0.3 is 19.7 Å². The average Bonchev–Trinajstić information content (AvgIpc) is 3.86. The molecule has 0 unspecified atom stereocenters. The molecule has 7 saturated carbocycles. The van der Waals surface area contributed by atoms with Gasteiger partial charge in [-0.1, -0.05) is 55.4 Å². The van der Waals surface area contributed by atoms with Crippen LogP contribution in [0.25, 0.3) is 11.3 Å². The van der Waals surface area contributed by atoms with Crippen molar-refractivity contribution in [3.63, 3.8) is 0 Å². The van der Waals surface area contributed by atoms with Crippen LogP contribution in [0.2, 0.25) is 0 Å². The van der Waals surface area contributed by atoms with Gasteiger partial charge in [0.1, 0.15) is 11.9 Å². The van der Waals surface area contributed by atoms with E-state index >= 15 is 4.79 Å². The first-order valence-electron chi connectivity index (χ1n) is 24.4. The molecule has 0 bridgehead atoms. The van der Waals surface area contributed by atoms with Crippen LogP contribution in [0.5, 0.6) is 0 Å². The third-order valence-corrected chi connectivity index (χ3v) is 21.6. The second-order valence-electron chi connectivity index (χ2n) is 24.5. The number of hydrogen-bond acceptors (Lipinski definition) is 8. The molecule has 2 aromatic rings. The molecule has 0 spiro atoms. The quantitative estimate of drug-likeness (QED) is 0.160. The van der Waals surface area contributed by atoms with Crippen molar-refractivity contribution in [2.75, 3.05) is 6.54 Å². The Balaban J connectivity index is 0.852. The number of carbonyl (C=O) groups excluding carboxylic acids is 2. The van der Waals surface area contributed by atoms with Gasteiger partial charge in [0, 0.05) is 29.9 Å². The molecule has 11 rings (SSSR count). The summed E-state index contributed by atoms with van der Waals surface area (Å²) in [5.41, 5.74) is 1.94. The van der Waals surface area contributed by atoms with Gasteiger partial charge in [0.2, 0.25) is 5.91 Å². The molecular weight excluding hydrogens is 765 g/mol. The number of ether oxygens (including phenoxy) is 1. The van der Waals surface area contributed by atoms with E-state index in [1.807, 2.05) is 32.3 Å². The van der Waals surface area contributed by atoms with Crippen LogP contribution >= 0.6 is 0 Å². The number of amides is 1. The highest BCUT2D eigenvalue weighted by molar-refractivity contribution is 5.84. The van der Waals surface area contributed by atoms with E-state index in [0.717, 1.165) is 75.0 Å². The predicted octanol–water partition coefficient (Wildman–Crippen LogP) is 10.2. The number of fused-ring (bicyclic) bond motifs is 7. The molecule has 61 heavy (non-hydrogen) atoms. The summed E-state index contributed by atoms with van der Waals surface area (Å²) in [6.45, 7) is 20.2. The van der Waals surface area contributed by atoms with Crippen molar-refractivity contribution >= 4 is 11.9 Å². The monoisotopic (exact) mass is 837 g/mol. The molecule has 2 N–H and O–H groups in total. The summed E-state index contributed by atoms with van der Waals surface area (Å²) in [5.74, 6) is 1.80. The van der Waals surface area contributed by atoms with E-state index in [-0.39, 0.29) is 57.0 Å². The summed E-state index contributed by atoms with van der Waals surface area (Å²) in [5, 5.41) is 10.5. The van der Waals surface area contributed by atoms with Crippen LogP contribution in [0.4, 0.5) is 0 Å². The van der Waals surface area contributed by atoms with Crippen molar-refractivity contribution in [1.82, 2.24) is 19.9 Å². The molecule has 13 atom stereocenters. The second-order valence-corrected chi connectivity index (χ2v) is 24.5. The molecule has 10 nitrogen and oxygen atoms in total. The minimum Gasteiger partial charge on any atom is -0.462 e. The predicted molar refractivity (Wildman–Crippen MR) is 229 cm³/mol. The molecule has 2 saturated heterocycles. The smallest absolute Gasteiger partial charge is 0.341 e. The van der Waals surface area contributed by atoms with Crippen molar-refractivity contribution < 1.29 is 29.2 Å². The second kappa shape index (κ2) is 13.1. The van der Waals surface area contributed by atoms with E-state index in [4.69, 9.17) is 19.5 Å². The molecule has 4 heterocycles. The fraction of sp³-hybridized carbons (Fsp3) is 0.804. The van der Waals surface area contributed by atoms with E-state index < -0.39 is 11.4 Å². The van der Waals surface area contributed by atoms with Gasteiger partial charge in [0.25, 0.3) is 0 Å². The number of carbonyl (C=O) groups is 2. The van der Waals surface area contributed by atoms with Crippen LogP contribution in [0.15, 0.2) is 30.7 Å². The molecule has 9 fully saturated rings. The zero-order chi connectivity index (χ0) is 42.8. The number of imidazole rings is 1. The van der Waals surface area contributed by atoms with Crippen molar-refractivity contribution in [3.8, 4) is 11.3 Å². The van der Waals surface area contributed by atoms with Crippen LogP contribution in [0, 0.1) is 79.3 Å². The maximum atomic E-state index is 15.7. The first-order valence-corrected chi connectivity index (χ1v) is 24.4. The van der Waals surface area contributed by atoms with Gasteiger partial charge in [0.05, 0.1) is 35.2 Å². The lowest BCUT2D eigenvalue weighted by Gasteiger charge is -2.73. The fourth-order valence-electron chi connectivity index (χ4n) is 17.6. The lowest BCUT2D eigenvalue weighted by atomic mass is 9.32. The number of likely N-dealkylation sites (tertiary alicyclic amines) is 1. The molecule has 332 valence electrons. The summed E-state index contributed by atoms with van der Waals surface area (Å²) in [6.07, 6.45) is 21.7. The number of rotatable bonds is 7. The Morgan fingerprint density at radius 3 is 2.30 bits per heavy atom. The number of pyridine rings is 1. The van der Waals surface area contributed by atoms with Gasteiger partial charge in [0.15, 0.2) is 0 Å². The van der Waals surface area contributed by atoms with Gasteiger partial charge >= 0.3 is 11.9 Å². The average molecular weight is 837 g/mol. The van der Waals surface area contributed by atoms with Gasteiger partial charge in [-0.25, -0.2) is 4.98 Å². The number of H-pyrrole nitrogens is 1. The first-order chi connectivity index (χ1) is 28.8. The molecule has 1 amide bonds. The number of aromatic amines is 1. The maximum Gasteiger partial charge on any atom is 0.341 e. The number of nitrogens with zero attached hydrogens (tertiary/aromatic N) is 3. The standard InChI is InChI=1S/C51H72N4O6/c1-44(2)33(27-38(44)51(58)60-61-51)42(56)59-39-17-18-47(6)36(45(39,3)4)16-19-49(8)37(47)14-13-32-40-31(46(5)21-22-46)15-20-50(40,24-23-48(32,49)7)43(57)55-26-10-12-35(55)41-53-29-34(54-41)30-11-9-25-52-28-30/h9,11,25,28-29,31-33,35-40,58H,10,12-24,26-27H2,1-8H3,(H,53,54)/t31-,32-,33-,35+,36+,37-,38-,39+,40-,47+,48-,49-,50+/m1/s1. The Bertz CT molecular complexity index is 2090. The van der Waals surface area contributed by atoms with E-state index in [1.165, 1.54) is 38.5 Å². The summed E-state index contributed by atoms with van der Waals surface area (Å²) >= 11 is 0. The molecule has 2 aliphatic heterocycles. The number of hydrogen-bond donors (Lipinski definition) is 2. The van der Waals surface area contributed by atoms with Crippen LogP contribution in [-0.2, 0) is 24.1 Å². The molecule has 0 radical (unpaired) electrons. The summed E-state index contributed by atoms with van der Waals surface area (Å²) in [6, 6.07) is 4.02. The van der Waals surface area contributed by atoms with Crippen LogP contribution in [-0.4, -0.2) is 55.5 Å². The van der Waals surface area contributed by atoms with Crippen molar-refractivity contribution in [2.45, 2.75) is 170 Å². The zero-order valence-corrected chi connectivity index (χ0v) is 38.2. The van der Waals surface area contributed by atoms with Crippen molar-refractivity contribution in [2.24, 2.45) is 79.3 Å². The van der Waals surface area contributed by atoms with E-state index in [0.29, 0.717) is 47.3 Å².